The van der Waals surface area contributed by atoms with E-state index in [0.29, 0.717) is 11.7 Å². The van der Waals surface area contributed by atoms with Gasteiger partial charge in [-0.1, -0.05) is 12.8 Å². The number of Topliss-reactive ketones (excluding diaryl/α,β-unsaturated/α-hetero) is 1. The van der Waals surface area contributed by atoms with Crippen LogP contribution in [0, 0.1) is 17.8 Å². The minimum Gasteiger partial charge on any atom is -0.298 e. The van der Waals surface area contributed by atoms with Crippen LogP contribution in [0.25, 0.3) is 0 Å². The van der Waals surface area contributed by atoms with Gasteiger partial charge in [-0.2, -0.15) is 11.8 Å². The van der Waals surface area contributed by atoms with E-state index in [1.165, 1.54) is 25.7 Å². The van der Waals surface area contributed by atoms with Crippen molar-refractivity contribution in [2.24, 2.45) is 17.8 Å². The van der Waals surface area contributed by atoms with Crippen LogP contribution in [0.5, 0.6) is 0 Å². The third-order valence-corrected chi connectivity index (χ3v) is 3.89. The van der Waals surface area contributed by atoms with Crippen LogP contribution >= 0.6 is 11.8 Å². The van der Waals surface area contributed by atoms with Gasteiger partial charge in [0.1, 0.15) is 5.78 Å². The summed E-state index contributed by atoms with van der Waals surface area (Å²) in [6.45, 7) is 0. The van der Waals surface area contributed by atoms with Gasteiger partial charge in [0.05, 0.1) is 5.75 Å². The van der Waals surface area contributed by atoms with Gasteiger partial charge in [-0.15, -0.1) is 0 Å². The molecule has 0 amide bonds. The van der Waals surface area contributed by atoms with Crippen molar-refractivity contribution < 1.29 is 4.79 Å². The molecule has 0 bridgehead atoms. The fourth-order valence-electron chi connectivity index (χ4n) is 2.71. The first-order valence-corrected chi connectivity index (χ1v) is 6.25. The summed E-state index contributed by atoms with van der Waals surface area (Å²) < 4.78 is 0. The molecule has 0 saturated heterocycles. The van der Waals surface area contributed by atoms with E-state index in [-0.39, 0.29) is 0 Å². The first-order valence-electron chi connectivity index (χ1n) is 4.86. The van der Waals surface area contributed by atoms with Crippen molar-refractivity contribution in [1.29, 1.82) is 0 Å². The van der Waals surface area contributed by atoms with Gasteiger partial charge < -0.3 is 0 Å². The topological polar surface area (TPSA) is 17.1 Å². The summed E-state index contributed by atoms with van der Waals surface area (Å²) in [4.78, 5) is 11.6. The van der Waals surface area contributed by atoms with Crippen molar-refractivity contribution >= 4 is 17.5 Å². The number of ketones is 1. The molecule has 2 rings (SSSR count). The lowest BCUT2D eigenvalue weighted by molar-refractivity contribution is -0.118. The van der Waals surface area contributed by atoms with Gasteiger partial charge in [0.25, 0.3) is 0 Å². The first-order chi connectivity index (χ1) is 5.84. The molecule has 1 nitrogen and oxygen atoms in total. The maximum Gasteiger partial charge on any atom is 0.146 e. The maximum atomic E-state index is 11.6. The third-order valence-electron chi connectivity index (χ3n) is 3.31. The van der Waals surface area contributed by atoms with Gasteiger partial charge in [0, 0.05) is 5.92 Å². The summed E-state index contributed by atoms with van der Waals surface area (Å²) >= 11 is 1.67. The maximum absolute atomic E-state index is 11.6. The second-order valence-corrected chi connectivity index (χ2v) is 4.90. The minimum atomic E-state index is 0.486. The van der Waals surface area contributed by atoms with Crippen LogP contribution in [0.15, 0.2) is 0 Å². The lowest BCUT2D eigenvalue weighted by Crippen LogP contribution is -2.05. The van der Waals surface area contributed by atoms with Gasteiger partial charge in [0.15, 0.2) is 0 Å². The quantitative estimate of drug-likeness (QED) is 0.669. The normalized spacial score (nSPS) is 38.9. The Hall–Kier alpha value is 0.0200. The number of hydrogen-bond acceptors (Lipinski definition) is 2. The van der Waals surface area contributed by atoms with Gasteiger partial charge in [-0.3, -0.25) is 4.79 Å². The average Bonchev–Trinajstić information content (AvgIpc) is 2.78. The van der Waals surface area contributed by atoms with Gasteiger partial charge in [-0.05, 0) is 30.9 Å². The Morgan fingerprint density at radius 3 is 2.42 bits per heavy atom. The zero-order chi connectivity index (χ0) is 8.55. The van der Waals surface area contributed by atoms with Gasteiger partial charge in [0.2, 0.25) is 0 Å². The van der Waals surface area contributed by atoms with Crippen LogP contribution in [0.3, 0.4) is 0 Å². The van der Waals surface area contributed by atoms with Crippen molar-refractivity contribution in [2.75, 3.05) is 12.0 Å². The number of carbonyl (C=O) groups excluding carboxylic acids is 1. The monoisotopic (exact) mass is 184 g/mol. The fraction of sp³-hybridized carbons (Fsp3) is 0.900. The molecule has 2 saturated carbocycles. The van der Waals surface area contributed by atoms with Crippen LogP contribution in [-0.2, 0) is 4.79 Å². The van der Waals surface area contributed by atoms with E-state index in [1.807, 2.05) is 6.26 Å². The molecule has 0 heterocycles. The van der Waals surface area contributed by atoms with E-state index in [4.69, 9.17) is 0 Å². The molecular formula is C10H16OS. The summed E-state index contributed by atoms with van der Waals surface area (Å²) in [6.07, 6.45) is 7.41. The standard InChI is InChI=1S/C10H16OS/c1-12-6-9(11)10-7-4-2-3-5-8(7)10/h7-8,10H,2-6H2,1H3. The van der Waals surface area contributed by atoms with E-state index in [1.54, 1.807) is 11.8 Å². The average molecular weight is 184 g/mol. The molecule has 2 heteroatoms. The number of carbonyl (C=O) groups is 1. The predicted octanol–water partition coefficient (Wildman–Crippen LogP) is 2.35. The molecule has 2 aliphatic carbocycles. The SMILES string of the molecule is CSCC(=O)C1C2CCCCC21. The largest absolute Gasteiger partial charge is 0.298 e. The van der Waals surface area contributed by atoms with Gasteiger partial charge in [-0.25, -0.2) is 0 Å². The molecule has 2 unspecified atom stereocenters. The smallest absolute Gasteiger partial charge is 0.146 e. The van der Waals surface area contributed by atoms with E-state index < -0.39 is 0 Å². The number of thioether (sulfide) groups is 1. The van der Waals surface area contributed by atoms with Crippen LogP contribution < -0.4 is 0 Å². The van der Waals surface area contributed by atoms with Crippen LogP contribution in [0.1, 0.15) is 25.7 Å². The molecule has 0 N–H and O–H groups in total. The second-order valence-electron chi connectivity index (χ2n) is 4.04. The Balaban J connectivity index is 1.87. The highest BCUT2D eigenvalue weighted by molar-refractivity contribution is 7.99. The van der Waals surface area contributed by atoms with E-state index in [2.05, 4.69) is 0 Å². The Bertz CT molecular complexity index is 178. The van der Waals surface area contributed by atoms with E-state index in [9.17, 15) is 4.79 Å². The molecule has 0 spiro atoms. The second kappa shape index (κ2) is 3.41. The number of fused-ring (bicyclic) bond motifs is 1. The lowest BCUT2D eigenvalue weighted by Gasteiger charge is -2.04. The molecule has 0 aromatic carbocycles. The van der Waals surface area contributed by atoms with Crippen molar-refractivity contribution in [3.8, 4) is 0 Å². The van der Waals surface area contributed by atoms with Crippen molar-refractivity contribution in [3.05, 3.63) is 0 Å². The van der Waals surface area contributed by atoms with Crippen LogP contribution in [0.4, 0.5) is 0 Å². The van der Waals surface area contributed by atoms with Crippen LogP contribution in [0.2, 0.25) is 0 Å². The summed E-state index contributed by atoms with van der Waals surface area (Å²) in [5.74, 6) is 3.37. The van der Waals surface area contributed by atoms with Crippen LogP contribution in [-0.4, -0.2) is 17.8 Å². The molecule has 0 aromatic heterocycles. The molecule has 12 heavy (non-hydrogen) atoms. The summed E-state index contributed by atoms with van der Waals surface area (Å²) in [6, 6.07) is 0. The van der Waals surface area contributed by atoms with Gasteiger partial charge >= 0.3 is 0 Å². The molecule has 68 valence electrons. The summed E-state index contributed by atoms with van der Waals surface area (Å²) in [5.41, 5.74) is 0. The highest BCUT2D eigenvalue weighted by Gasteiger charge is 2.53. The predicted molar refractivity (Wildman–Crippen MR) is 52.3 cm³/mol. The molecule has 2 atom stereocenters. The Morgan fingerprint density at radius 2 is 1.92 bits per heavy atom. The number of hydrogen-bond donors (Lipinski definition) is 0. The minimum absolute atomic E-state index is 0.486. The van der Waals surface area contributed by atoms with Crippen molar-refractivity contribution in [1.82, 2.24) is 0 Å². The zero-order valence-corrected chi connectivity index (χ0v) is 8.40. The number of rotatable bonds is 3. The van der Waals surface area contributed by atoms with E-state index in [0.717, 1.165) is 17.6 Å². The molecular weight excluding hydrogens is 168 g/mol. The Labute approximate surface area is 78.3 Å². The first kappa shape index (κ1) is 8.61. The summed E-state index contributed by atoms with van der Waals surface area (Å²) in [7, 11) is 0. The highest BCUT2D eigenvalue weighted by Crippen LogP contribution is 2.55. The molecule has 0 radical (unpaired) electrons. The molecule has 2 fully saturated rings. The summed E-state index contributed by atoms with van der Waals surface area (Å²) in [5, 5.41) is 0. The third kappa shape index (κ3) is 1.41. The van der Waals surface area contributed by atoms with E-state index >= 15 is 0 Å². The zero-order valence-electron chi connectivity index (χ0n) is 7.58. The Morgan fingerprint density at radius 1 is 1.33 bits per heavy atom. The molecule has 0 aromatic rings. The lowest BCUT2D eigenvalue weighted by atomic mass is 10.0. The van der Waals surface area contributed by atoms with Crippen molar-refractivity contribution in [2.45, 2.75) is 25.7 Å². The van der Waals surface area contributed by atoms with Crippen molar-refractivity contribution in [3.63, 3.8) is 0 Å². The molecule has 0 aliphatic heterocycles. The highest BCUT2D eigenvalue weighted by atomic mass is 32.2. The fourth-order valence-corrected chi connectivity index (χ4v) is 3.19. The Kier molecular flexibility index (Phi) is 2.44. The molecule has 2 aliphatic rings.